The van der Waals surface area contributed by atoms with Gasteiger partial charge in [-0.1, -0.05) is 29.8 Å². The number of aliphatic hydroxyl groups is 1. The molecule has 0 radical (unpaired) electrons. The lowest BCUT2D eigenvalue weighted by Gasteiger charge is -2.13. The maximum absolute atomic E-state index is 9.14. The van der Waals surface area contributed by atoms with Crippen molar-refractivity contribution in [3.05, 3.63) is 47.5 Å². The predicted molar refractivity (Wildman–Crippen MR) is 76.2 cm³/mol. The van der Waals surface area contributed by atoms with Gasteiger partial charge in [-0.05, 0) is 42.2 Å². The lowest BCUT2D eigenvalue weighted by atomic mass is 9.95. The number of aliphatic hydroxyl groups excluding tert-OH is 1. The van der Waals surface area contributed by atoms with Crippen LogP contribution in [0.3, 0.4) is 0 Å². The van der Waals surface area contributed by atoms with Crippen molar-refractivity contribution in [2.24, 2.45) is 0 Å². The molecule has 0 saturated carbocycles. The average molecular weight is 242 g/mol. The summed E-state index contributed by atoms with van der Waals surface area (Å²) < 4.78 is 0. The third-order valence-corrected chi connectivity index (χ3v) is 3.03. The van der Waals surface area contributed by atoms with Gasteiger partial charge in [0.25, 0.3) is 0 Å². The summed E-state index contributed by atoms with van der Waals surface area (Å²) in [6.07, 6.45) is 0.537. The number of aryl methyl sites for hydroxylation is 1. The fourth-order valence-corrected chi connectivity index (χ4v) is 2.10. The Kier molecular flexibility index (Phi) is 3.53. The lowest BCUT2D eigenvalue weighted by molar-refractivity contribution is 0.300. The molecule has 0 fully saturated rings. The van der Waals surface area contributed by atoms with E-state index >= 15 is 0 Å². The maximum Gasteiger partial charge on any atom is 0.0472 e. The number of rotatable bonds is 3. The van der Waals surface area contributed by atoms with Crippen molar-refractivity contribution in [3.63, 3.8) is 0 Å². The largest absolute Gasteiger partial charge is 0.399 e. The van der Waals surface area contributed by atoms with E-state index in [1.54, 1.807) is 6.07 Å². The van der Waals surface area contributed by atoms with Crippen LogP contribution in [0.4, 0.5) is 11.4 Å². The van der Waals surface area contributed by atoms with Crippen LogP contribution in [0.15, 0.2) is 36.4 Å². The summed E-state index contributed by atoms with van der Waals surface area (Å²) in [5.74, 6) is 0. The summed E-state index contributed by atoms with van der Waals surface area (Å²) in [6.45, 7) is 2.12. The Morgan fingerprint density at radius 3 is 2.33 bits per heavy atom. The van der Waals surface area contributed by atoms with Crippen molar-refractivity contribution < 1.29 is 5.11 Å². The van der Waals surface area contributed by atoms with E-state index in [9.17, 15) is 0 Å². The number of hydrogen-bond acceptors (Lipinski definition) is 3. The molecule has 2 aromatic carbocycles. The highest BCUT2D eigenvalue weighted by Crippen LogP contribution is 2.31. The van der Waals surface area contributed by atoms with Crippen LogP contribution in [0.25, 0.3) is 11.1 Å². The zero-order chi connectivity index (χ0) is 13.1. The van der Waals surface area contributed by atoms with Crippen LogP contribution in [-0.2, 0) is 6.42 Å². The lowest BCUT2D eigenvalue weighted by Crippen LogP contribution is -2.02. The summed E-state index contributed by atoms with van der Waals surface area (Å²) in [5.41, 5.74) is 17.4. The average Bonchev–Trinajstić information content (AvgIpc) is 2.33. The minimum absolute atomic E-state index is 0.0764. The van der Waals surface area contributed by atoms with Crippen LogP contribution >= 0.6 is 0 Å². The zero-order valence-electron chi connectivity index (χ0n) is 10.5. The molecular weight excluding hydrogens is 224 g/mol. The first-order valence-corrected chi connectivity index (χ1v) is 5.97. The highest BCUT2D eigenvalue weighted by Gasteiger charge is 2.09. The quantitative estimate of drug-likeness (QED) is 0.723. The van der Waals surface area contributed by atoms with Crippen LogP contribution < -0.4 is 11.5 Å². The smallest absolute Gasteiger partial charge is 0.0472 e. The summed E-state index contributed by atoms with van der Waals surface area (Å²) in [4.78, 5) is 0. The van der Waals surface area contributed by atoms with Crippen LogP contribution in [0, 0.1) is 6.92 Å². The van der Waals surface area contributed by atoms with Crippen molar-refractivity contribution in [1.29, 1.82) is 0 Å². The second-order valence-electron chi connectivity index (χ2n) is 4.48. The van der Waals surface area contributed by atoms with Crippen molar-refractivity contribution in [1.82, 2.24) is 0 Å². The molecule has 0 aromatic heterocycles. The normalized spacial score (nSPS) is 10.6. The molecular formula is C15H18N2O. The fourth-order valence-electron chi connectivity index (χ4n) is 2.10. The van der Waals surface area contributed by atoms with Gasteiger partial charge in [0, 0.05) is 18.0 Å². The van der Waals surface area contributed by atoms with E-state index in [4.69, 9.17) is 16.6 Å². The highest BCUT2D eigenvalue weighted by molar-refractivity contribution is 5.77. The van der Waals surface area contributed by atoms with Gasteiger partial charge in [0.2, 0.25) is 0 Å². The molecule has 0 heterocycles. The third-order valence-electron chi connectivity index (χ3n) is 3.03. The molecule has 3 heteroatoms. The second-order valence-corrected chi connectivity index (χ2v) is 4.48. The van der Waals surface area contributed by atoms with E-state index in [2.05, 4.69) is 12.1 Å². The molecule has 0 amide bonds. The highest BCUT2D eigenvalue weighted by atomic mass is 16.2. The van der Waals surface area contributed by atoms with E-state index in [1.807, 2.05) is 25.1 Å². The fraction of sp³-hybridized carbons (Fsp3) is 0.200. The van der Waals surface area contributed by atoms with Gasteiger partial charge in [-0.3, -0.25) is 0 Å². The van der Waals surface area contributed by atoms with Gasteiger partial charge < -0.3 is 16.6 Å². The molecule has 0 bridgehead atoms. The summed E-state index contributed by atoms with van der Waals surface area (Å²) in [7, 11) is 0. The molecule has 3 nitrogen and oxygen atoms in total. The first-order valence-electron chi connectivity index (χ1n) is 5.97. The molecule has 0 aliphatic rings. The van der Waals surface area contributed by atoms with Gasteiger partial charge in [-0.25, -0.2) is 0 Å². The minimum Gasteiger partial charge on any atom is -0.399 e. The van der Waals surface area contributed by atoms with E-state index in [-0.39, 0.29) is 6.61 Å². The van der Waals surface area contributed by atoms with Crippen molar-refractivity contribution in [2.45, 2.75) is 13.3 Å². The molecule has 0 atom stereocenters. The van der Waals surface area contributed by atoms with Gasteiger partial charge in [0.15, 0.2) is 0 Å². The summed E-state index contributed by atoms with van der Waals surface area (Å²) >= 11 is 0. The van der Waals surface area contributed by atoms with E-state index in [0.717, 1.165) is 16.7 Å². The van der Waals surface area contributed by atoms with Gasteiger partial charge in [-0.15, -0.1) is 0 Å². The maximum atomic E-state index is 9.14. The monoisotopic (exact) mass is 242 g/mol. The minimum atomic E-state index is 0.0764. The Bertz CT molecular complexity index is 547. The van der Waals surface area contributed by atoms with E-state index < -0.39 is 0 Å². The van der Waals surface area contributed by atoms with E-state index in [0.29, 0.717) is 17.8 Å². The summed E-state index contributed by atoms with van der Waals surface area (Å²) in [5, 5.41) is 9.14. The van der Waals surface area contributed by atoms with Gasteiger partial charge in [0.05, 0.1) is 0 Å². The first-order chi connectivity index (χ1) is 8.61. The number of benzene rings is 2. The first kappa shape index (κ1) is 12.5. The molecule has 0 unspecified atom stereocenters. The Hall–Kier alpha value is -2.00. The number of nitrogen functional groups attached to an aromatic ring is 2. The Morgan fingerprint density at radius 1 is 1.06 bits per heavy atom. The molecule has 0 aliphatic heterocycles. The van der Waals surface area contributed by atoms with Crippen molar-refractivity contribution >= 4 is 11.4 Å². The van der Waals surface area contributed by atoms with Crippen LogP contribution in [0.1, 0.15) is 11.1 Å². The number of anilines is 2. The zero-order valence-corrected chi connectivity index (χ0v) is 10.5. The van der Waals surface area contributed by atoms with Crippen LogP contribution in [0.5, 0.6) is 0 Å². The molecule has 0 aliphatic carbocycles. The molecule has 94 valence electrons. The third kappa shape index (κ3) is 2.46. The molecule has 2 aromatic rings. The molecule has 2 rings (SSSR count). The Morgan fingerprint density at radius 2 is 1.72 bits per heavy atom. The standard InChI is InChI=1S/C15H18N2O/c1-10-2-4-11(5-3-10)14-8-12(16)9-15(17)13(14)6-7-18/h2-5,8-9,18H,6-7,16-17H2,1H3. The van der Waals surface area contributed by atoms with Crippen molar-refractivity contribution in [2.75, 3.05) is 18.1 Å². The van der Waals surface area contributed by atoms with Gasteiger partial charge >= 0.3 is 0 Å². The van der Waals surface area contributed by atoms with E-state index in [1.165, 1.54) is 5.56 Å². The van der Waals surface area contributed by atoms with Gasteiger partial charge in [-0.2, -0.15) is 0 Å². The van der Waals surface area contributed by atoms with Crippen LogP contribution in [0.2, 0.25) is 0 Å². The van der Waals surface area contributed by atoms with Crippen LogP contribution in [-0.4, -0.2) is 11.7 Å². The predicted octanol–water partition coefficient (Wildman–Crippen LogP) is 2.36. The second kappa shape index (κ2) is 5.10. The topological polar surface area (TPSA) is 72.3 Å². The van der Waals surface area contributed by atoms with Gasteiger partial charge in [0.1, 0.15) is 0 Å². The van der Waals surface area contributed by atoms with Crippen molar-refractivity contribution in [3.8, 4) is 11.1 Å². The number of hydrogen-bond donors (Lipinski definition) is 3. The SMILES string of the molecule is Cc1ccc(-c2cc(N)cc(N)c2CCO)cc1. The number of nitrogens with two attached hydrogens (primary N) is 2. The Labute approximate surface area is 107 Å². The molecule has 0 spiro atoms. The Balaban J connectivity index is 2.57. The molecule has 0 saturated heterocycles. The summed E-state index contributed by atoms with van der Waals surface area (Å²) in [6, 6.07) is 11.8. The molecule has 18 heavy (non-hydrogen) atoms. The molecule has 5 N–H and O–H groups in total.